The van der Waals surface area contributed by atoms with E-state index < -0.39 is 5.56 Å². The number of para-hydroxylation sites is 2. The highest BCUT2D eigenvalue weighted by Gasteiger charge is 2.24. The van der Waals surface area contributed by atoms with Crippen molar-refractivity contribution in [2.45, 2.75) is 25.4 Å². The van der Waals surface area contributed by atoms with Crippen LogP contribution in [0.2, 0.25) is 0 Å². The van der Waals surface area contributed by atoms with Crippen molar-refractivity contribution in [2.24, 2.45) is 5.92 Å². The quantitative estimate of drug-likeness (QED) is 0.560. The van der Waals surface area contributed by atoms with E-state index in [0.29, 0.717) is 17.8 Å². The lowest BCUT2D eigenvalue weighted by Crippen LogP contribution is -2.30. The van der Waals surface area contributed by atoms with Crippen molar-refractivity contribution in [3.05, 3.63) is 64.4 Å². The average Bonchev–Trinajstić information content (AvgIpc) is 3.22. The van der Waals surface area contributed by atoms with Gasteiger partial charge in [0.05, 0.1) is 11.4 Å². The van der Waals surface area contributed by atoms with E-state index in [1.165, 1.54) is 0 Å². The molecule has 2 N–H and O–H groups in total. The molecule has 2 amide bonds. The minimum atomic E-state index is -0.437. The van der Waals surface area contributed by atoms with Gasteiger partial charge >= 0.3 is 0 Å². The average molecular weight is 450 g/mol. The summed E-state index contributed by atoms with van der Waals surface area (Å²) >= 11 is 1.14. The molecule has 0 saturated carbocycles. The number of hydrogen-bond acceptors (Lipinski definition) is 6. The molecule has 2 aromatic carbocycles. The maximum atomic E-state index is 12.7. The first-order chi connectivity index (χ1) is 15.4. The number of aromatic nitrogens is 3. The number of anilines is 2. The Morgan fingerprint density at radius 2 is 1.88 bits per heavy atom. The number of nitrogens with zero attached hydrogens (tertiary/aromatic N) is 3. The van der Waals surface area contributed by atoms with Crippen molar-refractivity contribution in [3.63, 3.8) is 0 Å². The van der Waals surface area contributed by atoms with Gasteiger partial charge in [0.1, 0.15) is 0 Å². The van der Waals surface area contributed by atoms with Crippen LogP contribution < -0.4 is 15.8 Å². The summed E-state index contributed by atoms with van der Waals surface area (Å²) in [5.74, 6) is -0.268. The van der Waals surface area contributed by atoms with Gasteiger partial charge in [-0.15, -0.1) is 10.2 Å². The number of fused-ring (bicyclic) bond motifs is 1. The molecule has 1 aromatic heterocycles. The largest absolute Gasteiger partial charge is 0.325 e. The number of carbonyl (C=O) groups excluding carboxylic acids is 2. The van der Waals surface area contributed by atoms with Gasteiger partial charge in [-0.2, -0.15) is 0 Å². The first-order valence-corrected chi connectivity index (χ1v) is 11.3. The summed E-state index contributed by atoms with van der Waals surface area (Å²) in [5, 5.41) is 11.3. The number of rotatable bonds is 6. The van der Waals surface area contributed by atoms with E-state index in [4.69, 9.17) is 0 Å². The van der Waals surface area contributed by atoms with Gasteiger partial charge < -0.3 is 10.2 Å². The lowest BCUT2D eigenvalue weighted by atomic mass is 10.1. The lowest BCUT2D eigenvalue weighted by molar-refractivity contribution is -0.119. The van der Waals surface area contributed by atoms with Crippen LogP contribution in [0.25, 0.3) is 11.3 Å². The van der Waals surface area contributed by atoms with Crippen LogP contribution in [-0.2, 0) is 16.0 Å². The Morgan fingerprint density at radius 1 is 1.12 bits per heavy atom. The molecule has 164 valence electrons. The van der Waals surface area contributed by atoms with E-state index in [2.05, 4.69) is 20.5 Å². The van der Waals surface area contributed by atoms with Crippen LogP contribution in [0.1, 0.15) is 19.4 Å². The van der Waals surface area contributed by atoms with Gasteiger partial charge in [0, 0.05) is 23.7 Å². The molecule has 0 unspecified atom stereocenters. The van der Waals surface area contributed by atoms with E-state index >= 15 is 0 Å². The van der Waals surface area contributed by atoms with Crippen molar-refractivity contribution >= 4 is 35.0 Å². The molecule has 0 aliphatic carbocycles. The van der Waals surface area contributed by atoms with Crippen LogP contribution >= 0.6 is 11.8 Å². The van der Waals surface area contributed by atoms with Gasteiger partial charge in [0.2, 0.25) is 11.8 Å². The molecule has 3 aromatic rings. The smallest absolute Gasteiger partial charge is 0.278 e. The van der Waals surface area contributed by atoms with Crippen molar-refractivity contribution in [1.82, 2.24) is 15.2 Å². The normalized spacial score (nSPS) is 12.7. The van der Waals surface area contributed by atoms with E-state index in [1.54, 1.807) is 43.0 Å². The summed E-state index contributed by atoms with van der Waals surface area (Å²) < 4.78 is 0. The van der Waals surface area contributed by atoms with Crippen LogP contribution in [-0.4, -0.2) is 39.3 Å². The SMILES string of the molecule is CC(C)C(=O)Nc1ccccc1-c1nnc(SCC(=O)N2CCc3ccccc32)[nH]c1=O. The Labute approximate surface area is 189 Å². The standard InChI is InChI=1S/C23H23N5O3S/c1-14(2)21(30)24-17-9-5-4-8-16(17)20-22(31)25-23(27-26-20)32-13-19(29)28-12-11-15-7-3-6-10-18(15)28/h3-10,14H,11-13H2,1-2H3,(H,24,30)(H,25,27,31). The van der Waals surface area contributed by atoms with Gasteiger partial charge in [0.15, 0.2) is 10.9 Å². The van der Waals surface area contributed by atoms with Gasteiger partial charge in [0.25, 0.3) is 5.56 Å². The minimum absolute atomic E-state index is 0.0478. The number of amides is 2. The summed E-state index contributed by atoms with van der Waals surface area (Å²) in [6.07, 6.45) is 0.838. The van der Waals surface area contributed by atoms with Crippen molar-refractivity contribution < 1.29 is 9.59 Å². The Balaban J connectivity index is 1.47. The lowest BCUT2D eigenvalue weighted by Gasteiger charge is -2.16. The number of benzene rings is 2. The molecule has 0 radical (unpaired) electrons. The second-order valence-electron chi connectivity index (χ2n) is 7.71. The summed E-state index contributed by atoms with van der Waals surface area (Å²) in [6.45, 7) is 4.23. The van der Waals surface area contributed by atoms with Gasteiger partial charge in [-0.25, -0.2) is 0 Å². The number of hydrogen-bond donors (Lipinski definition) is 2. The highest BCUT2D eigenvalue weighted by molar-refractivity contribution is 7.99. The molecule has 0 bridgehead atoms. The number of H-pyrrole nitrogens is 1. The van der Waals surface area contributed by atoms with E-state index in [-0.39, 0.29) is 34.3 Å². The van der Waals surface area contributed by atoms with Gasteiger partial charge in [-0.05, 0) is 24.1 Å². The van der Waals surface area contributed by atoms with Crippen LogP contribution in [0.5, 0.6) is 0 Å². The molecule has 1 aliphatic heterocycles. The number of carbonyl (C=O) groups is 2. The third-order valence-corrected chi connectivity index (χ3v) is 6.01. The predicted molar refractivity (Wildman–Crippen MR) is 125 cm³/mol. The third-order valence-electron chi connectivity index (χ3n) is 5.16. The first-order valence-electron chi connectivity index (χ1n) is 10.3. The fourth-order valence-electron chi connectivity index (χ4n) is 3.44. The summed E-state index contributed by atoms with van der Waals surface area (Å²) in [7, 11) is 0. The molecular weight excluding hydrogens is 426 g/mol. The number of aromatic amines is 1. The molecule has 4 rings (SSSR count). The van der Waals surface area contributed by atoms with Crippen LogP contribution in [0.4, 0.5) is 11.4 Å². The fourth-order valence-corrected chi connectivity index (χ4v) is 4.12. The van der Waals surface area contributed by atoms with E-state index in [9.17, 15) is 14.4 Å². The Morgan fingerprint density at radius 3 is 2.66 bits per heavy atom. The third kappa shape index (κ3) is 4.57. The zero-order valence-corrected chi connectivity index (χ0v) is 18.6. The molecule has 1 aliphatic rings. The molecule has 32 heavy (non-hydrogen) atoms. The molecule has 0 atom stereocenters. The first kappa shape index (κ1) is 21.8. The second kappa shape index (κ2) is 9.35. The molecule has 8 nitrogen and oxygen atoms in total. The molecule has 0 saturated heterocycles. The minimum Gasteiger partial charge on any atom is -0.325 e. The Hall–Kier alpha value is -3.46. The maximum Gasteiger partial charge on any atom is 0.278 e. The summed E-state index contributed by atoms with van der Waals surface area (Å²) in [4.78, 5) is 41.9. The van der Waals surface area contributed by atoms with Crippen molar-refractivity contribution in [2.75, 3.05) is 22.5 Å². The molecule has 9 heteroatoms. The zero-order valence-electron chi connectivity index (χ0n) is 17.8. The summed E-state index contributed by atoms with van der Waals surface area (Å²) in [6, 6.07) is 14.8. The van der Waals surface area contributed by atoms with Crippen molar-refractivity contribution in [1.29, 1.82) is 0 Å². The molecule has 2 heterocycles. The van der Waals surface area contributed by atoms with E-state index in [0.717, 1.165) is 29.4 Å². The molecule has 0 fully saturated rings. The van der Waals surface area contributed by atoms with Crippen LogP contribution in [0, 0.1) is 5.92 Å². The topological polar surface area (TPSA) is 108 Å². The maximum absolute atomic E-state index is 12.7. The fraction of sp³-hybridized carbons (Fsp3) is 0.261. The zero-order chi connectivity index (χ0) is 22.7. The van der Waals surface area contributed by atoms with Crippen LogP contribution in [0.15, 0.2) is 58.5 Å². The molecule has 0 spiro atoms. The van der Waals surface area contributed by atoms with Gasteiger partial charge in [-0.1, -0.05) is 62.0 Å². The van der Waals surface area contributed by atoms with E-state index in [1.807, 2.05) is 24.3 Å². The summed E-state index contributed by atoms with van der Waals surface area (Å²) in [5.41, 5.74) is 2.74. The number of nitrogens with one attached hydrogen (secondary N) is 2. The van der Waals surface area contributed by atoms with Gasteiger partial charge in [-0.3, -0.25) is 19.4 Å². The Bertz CT molecular complexity index is 1220. The highest BCUT2D eigenvalue weighted by atomic mass is 32.2. The predicted octanol–water partition coefficient (Wildman–Crippen LogP) is 3.11. The van der Waals surface area contributed by atoms with Crippen LogP contribution in [0.3, 0.4) is 0 Å². The monoisotopic (exact) mass is 449 g/mol. The number of thioether (sulfide) groups is 1. The second-order valence-corrected chi connectivity index (χ2v) is 8.67. The molecular formula is C23H23N5O3S. The van der Waals surface area contributed by atoms with Crippen molar-refractivity contribution in [3.8, 4) is 11.3 Å². The highest BCUT2D eigenvalue weighted by Crippen LogP contribution is 2.28. The Kier molecular flexibility index (Phi) is 6.36.